The van der Waals surface area contributed by atoms with Crippen LogP contribution in [0, 0.1) is 11.8 Å². The largest absolute Gasteiger partial charge is 0.455 e. The summed E-state index contributed by atoms with van der Waals surface area (Å²) in [7, 11) is 1.50. The highest BCUT2D eigenvalue weighted by atomic mass is 16.6. The summed E-state index contributed by atoms with van der Waals surface area (Å²) in [6.45, 7) is 13.1. The van der Waals surface area contributed by atoms with Gasteiger partial charge in [-0.2, -0.15) is 0 Å². The summed E-state index contributed by atoms with van der Waals surface area (Å²) in [6, 6.07) is 14.9. The lowest BCUT2D eigenvalue weighted by Crippen LogP contribution is -2.56. The number of likely N-dealkylation sites (tertiary alicyclic amines) is 1. The second kappa shape index (κ2) is 17.3. The normalized spacial score (nSPS) is 24.2. The Balaban J connectivity index is 1.46. The van der Waals surface area contributed by atoms with Crippen LogP contribution in [0.5, 0.6) is 0 Å². The van der Waals surface area contributed by atoms with Crippen LogP contribution in [0.4, 0.5) is 11.4 Å². The molecule has 2 aromatic carbocycles. The van der Waals surface area contributed by atoms with Crippen molar-refractivity contribution < 1.29 is 38.5 Å². The third-order valence-corrected chi connectivity index (χ3v) is 10.5. The monoisotopic (exact) mass is 716 g/mol. The van der Waals surface area contributed by atoms with E-state index in [1.54, 1.807) is 29.2 Å². The molecule has 3 fully saturated rings. The number of carbonyl (C=O) groups is 4. The van der Waals surface area contributed by atoms with Crippen molar-refractivity contribution in [3.8, 4) is 0 Å². The van der Waals surface area contributed by atoms with E-state index in [4.69, 9.17) is 14.2 Å². The molecule has 7 atom stereocenters. The van der Waals surface area contributed by atoms with Crippen LogP contribution in [0.2, 0.25) is 0 Å². The van der Waals surface area contributed by atoms with Crippen LogP contribution in [0.15, 0.2) is 79.9 Å². The number of ether oxygens (including phenoxy) is 3. The number of hydrogen-bond donors (Lipinski definition) is 2. The highest BCUT2D eigenvalue weighted by Crippen LogP contribution is 2.59. The predicted octanol–water partition coefficient (Wildman–Crippen LogP) is 3.80. The van der Waals surface area contributed by atoms with E-state index in [0.717, 1.165) is 18.8 Å². The number of β-amino-alcohol motifs (C(OH)–C–C–N with tert-alkyl or cyclic N) is 1. The number of benzene rings is 2. The molecule has 280 valence electrons. The van der Waals surface area contributed by atoms with Gasteiger partial charge in [-0.1, -0.05) is 42.5 Å². The smallest absolute Gasteiger partial charge is 0.313 e. The summed E-state index contributed by atoms with van der Waals surface area (Å²) in [5.41, 5.74) is 0.991. The average Bonchev–Trinajstić information content (AvgIpc) is 3.80. The van der Waals surface area contributed by atoms with Crippen molar-refractivity contribution in [2.75, 3.05) is 56.3 Å². The highest BCUT2D eigenvalue weighted by Gasteiger charge is 2.75. The molecule has 5 rings (SSSR count). The second-order valence-corrected chi connectivity index (χ2v) is 13.5. The Hall–Kier alpha value is -4.52. The number of nitrogens with zero attached hydrogens (tertiary/aromatic N) is 3. The second-order valence-electron chi connectivity index (χ2n) is 13.5. The molecule has 1 spiro atoms. The number of esters is 1. The predicted molar refractivity (Wildman–Crippen MR) is 197 cm³/mol. The molecule has 12 heteroatoms. The maximum atomic E-state index is 14.7. The molecule has 3 aliphatic rings. The Labute approximate surface area is 306 Å². The quantitative estimate of drug-likeness (QED) is 0.164. The molecule has 0 aliphatic carbocycles. The third-order valence-electron chi connectivity index (χ3n) is 10.5. The van der Waals surface area contributed by atoms with Gasteiger partial charge in [0.1, 0.15) is 17.7 Å². The fourth-order valence-electron chi connectivity index (χ4n) is 8.21. The number of methoxy groups -OCH3 is 1. The number of amides is 3. The Morgan fingerprint density at radius 3 is 2.38 bits per heavy atom. The van der Waals surface area contributed by atoms with E-state index in [1.165, 1.54) is 12.0 Å². The van der Waals surface area contributed by atoms with Crippen LogP contribution < -0.4 is 15.1 Å². The van der Waals surface area contributed by atoms with Gasteiger partial charge in [-0.15, -0.1) is 13.2 Å². The lowest BCUT2D eigenvalue weighted by molar-refractivity contribution is -0.163. The molecule has 3 saturated heterocycles. The number of hydrogen-bond acceptors (Lipinski definition) is 9. The minimum Gasteiger partial charge on any atom is -0.455 e. The van der Waals surface area contributed by atoms with Crippen molar-refractivity contribution in [2.45, 2.75) is 69.4 Å². The fourth-order valence-corrected chi connectivity index (χ4v) is 8.21. The number of aliphatic hydroxyl groups is 1. The van der Waals surface area contributed by atoms with Gasteiger partial charge in [-0.05, 0) is 62.9 Å². The Morgan fingerprint density at radius 2 is 1.77 bits per heavy atom. The molecule has 12 nitrogen and oxygen atoms in total. The zero-order chi connectivity index (χ0) is 37.4. The molecule has 2 aromatic rings. The van der Waals surface area contributed by atoms with E-state index in [9.17, 15) is 24.3 Å². The van der Waals surface area contributed by atoms with E-state index in [1.807, 2.05) is 42.5 Å². The van der Waals surface area contributed by atoms with Crippen molar-refractivity contribution in [3.63, 3.8) is 0 Å². The molecule has 0 radical (unpaired) electrons. The molecule has 3 amide bonds. The molecule has 2 N–H and O–H groups in total. The zero-order valence-electron chi connectivity index (χ0n) is 30.4. The van der Waals surface area contributed by atoms with Gasteiger partial charge >= 0.3 is 5.97 Å². The lowest BCUT2D eigenvalue weighted by Gasteiger charge is -2.36. The van der Waals surface area contributed by atoms with Crippen LogP contribution in [0.3, 0.4) is 0 Å². The fraction of sp³-hybridized carbons (Fsp3) is 0.500. The summed E-state index contributed by atoms with van der Waals surface area (Å²) in [4.78, 5) is 61.5. The van der Waals surface area contributed by atoms with Gasteiger partial charge in [-0.25, -0.2) is 0 Å². The van der Waals surface area contributed by atoms with Crippen LogP contribution in [0.1, 0.15) is 51.2 Å². The minimum atomic E-state index is -1.30. The zero-order valence-corrected chi connectivity index (χ0v) is 30.4. The maximum Gasteiger partial charge on any atom is 0.313 e. The molecule has 2 bridgehead atoms. The first kappa shape index (κ1) is 38.7. The van der Waals surface area contributed by atoms with Gasteiger partial charge in [0, 0.05) is 51.1 Å². The number of carbonyl (C=O) groups excluding carboxylic acids is 4. The molecule has 3 aliphatic heterocycles. The molecule has 0 saturated carbocycles. The minimum absolute atomic E-state index is 0.0550. The third kappa shape index (κ3) is 7.51. The van der Waals surface area contributed by atoms with Gasteiger partial charge in [-0.3, -0.25) is 19.2 Å². The average molecular weight is 717 g/mol. The summed E-state index contributed by atoms with van der Waals surface area (Å²) in [5, 5.41) is 13.0. The number of aliphatic hydroxyl groups excluding tert-OH is 1. The first-order valence-corrected chi connectivity index (χ1v) is 18.2. The number of anilines is 2. The first-order chi connectivity index (χ1) is 25.2. The SMILES string of the molecule is C=CCCC(=O)N[C@H](COC)[C@H](OC(=O)[C@@H]1[C@H]2C(=O)N(CCO)[C@H](C(=O)N(CC=C)c3ccc(N(CC)CC)cc3)[C@]23CC[C@H]1O3)c1ccccc1. The lowest BCUT2D eigenvalue weighted by atomic mass is 9.70. The van der Waals surface area contributed by atoms with Crippen molar-refractivity contribution in [3.05, 3.63) is 85.5 Å². The molecule has 52 heavy (non-hydrogen) atoms. The number of allylic oxidation sites excluding steroid dienone is 1. The summed E-state index contributed by atoms with van der Waals surface area (Å²) in [6.07, 6.45) is 3.18. The van der Waals surface area contributed by atoms with Crippen molar-refractivity contribution in [1.82, 2.24) is 10.2 Å². The summed E-state index contributed by atoms with van der Waals surface area (Å²) < 4.78 is 18.3. The Bertz CT molecular complexity index is 1580. The van der Waals surface area contributed by atoms with E-state index in [-0.39, 0.29) is 44.5 Å². The number of rotatable bonds is 19. The van der Waals surface area contributed by atoms with E-state index in [0.29, 0.717) is 30.5 Å². The Kier molecular flexibility index (Phi) is 12.9. The van der Waals surface area contributed by atoms with Gasteiger partial charge in [0.2, 0.25) is 11.8 Å². The van der Waals surface area contributed by atoms with Crippen molar-refractivity contribution in [1.29, 1.82) is 0 Å². The molecular formula is C40H52N4O8. The molecule has 0 unspecified atom stereocenters. The van der Waals surface area contributed by atoms with Crippen LogP contribution in [-0.2, 0) is 33.4 Å². The maximum absolute atomic E-state index is 14.7. The molecule has 3 heterocycles. The number of nitrogens with one attached hydrogen (secondary N) is 1. The van der Waals surface area contributed by atoms with E-state index >= 15 is 0 Å². The van der Waals surface area contributed by atoms with Gasteiger partial charge < -0.3 is 39.3 Å². The van der Waals surface area contributed by atoms with Crippen molar-refractivity contribution in [2.24, 2.45) is 11.8 Å². The molecule has 0 aromatic heterocycles. The first-order valence-electron chi connectivity index (χ1n) is 18.2. The van der Waals surface area contributed by atoms with Crippen LogP contribution in [-0.4, -0.2) is 104 Å². The van der Waals surface area contributed by atoms with Crippen LogP contribution in [0.25, 0.3) is 0 Å². The van der Waals surface area contributed by atoms with Crippen molar-refractivity contribution >= 4 is 35.1 Å². The molecular weight excluding hydrogens is 664 g/mol. The topological polar surface area (TPSA) is 138 Å². The van der Waals surface area contributed by atoms with Gasteiger partial charge in [0.25, 0.3) is 5.91 Å². The Morgan fingerprint density at radius 1 is 1.08 bits per heavy atom. The van der Waals surface area contributed by atoms with Gasteiger partial charge in [0.05, 0.1) is 37.2 Å². The summed E-state index contributed by atoms with van der Waals surface area (Å²) in [5.74, 6) is -3.73. The van der Waals surface area contributed by atoms with Gasteiger partial charge in [0.15, 0.2) is 0 Å². The summed E-state index contributed by atoms with van der Waals surface area (Å²) >= 11 is 0. The standard InChI is InChI=1S/C40H52N4O8/c1-6-10-16-32(46)41-30(26-50-5)35(27-14-12-11-13-15-27)51-39(49)33-31-21-22-40(52-31)34(33)37(47)44(24-25-45)36(40)38(48)43(23-7-2)29-19-17-28(18-20-29)42(8-3)9-4/h6-7,11-15,17-20,30-31,33-36,45H,1-2,8-10,16,21-26H2,3-5H3,(H,41,46)/t30-,31-,33+,34+,35-,36-,40+/m1/s1. The van der Waals surface area contributed by atoms with E-state index < -0.39 is 53.6 Å². The van der Waals surface area contributed by atoms with Crippen LogP contribution >= 0.6 is 0 Å². The number of fused-ring (bicyclic) bond motifs is 1. The van der Waals surface area contributed by atoms with E-state index in [2.05, 4.69) is 37.2 Å². The highest BCUT2D eigenvalue weighted by molar-refractivity contribution is 6.04.